The molecule has 0 radical (unpaired) electrons. The molecule has 0 aromatic heterocycles. The summed E-state index contributed by atoms with van der Waals surface area (Å²) in [7, 11) is -6.00. The van der Waals surface area contributed by atoms with Gasteiger partial charge < -0.3 is 17.3 Å². The van der Waals surface area contributed by atoms with E-state index < -0.39 is 21.2 Å². The van der Waals surface area contributed by atoms with Gasteiger partial charge in [0.15, 0.2) is 0 Å². The summed E-state index contributed by atoms with van der Waals surface area (Å²) in [5.41, 5.74) is 1.74. The van der Waals surface area contributed by atoms with Crippen molar-refractivity contribution >= 4 is 25.6 Å². The van der Waals surface area contributed by atoms with Crippen LogP contribution >= 0.6 is 0 Å². The maximum Gasteiger partial charge on any atom is 0.673 e. The molecule has 0 aliphatic heterocycles. The SMILES string of the molecule is CC1(C)C2CCC1(C)C(O)C2[Se+](Cc1ccccc1)c1ccccc1.F[B-](F)(F)F. The average Bonchev–Trinajstić information content (AvgIpc) is 2.99. The number of aliphatic hydroxyl groups excluding tert-OH is 1. The van der Waals surface area contributed by atoms with Crippen LogP contribution in [0.5, 0.6) is 0 Å². The molecule has 1 N–H and O–H groups in total. The molecule has 2 aliphatic rings. The van der Waals surface area contributed by atoms with Crippen LogP contribution in [-0.2, 0) is 5.32 Å². The summed E-state index contributed by atoms with van der Waals surface area (Å²) >= 11 is -1.18. The summed E-state index contributed by atoms with van der Waals surface area (Å²) in [6.45, 7) is 7.16. The number of aliphatic hydroxyl groups is 1. The largest absolute Gasteiger partial charge is 0.673 e. The van der Waals surface area contributed by atoms with Crippen LogP contribution in [0.3, 0.4) is 0 Å². The third-order valence-corrected chi connectivity index (χ3v) is 13.1. The van der Waals surface area contributed by atoms with Crippen molar-refractivity contribution < 1.29 is 22.4 Å². The molecule has 2 bridgehead atoms. The molecule has 4 rings (SSSR count). The topological polar surface area (TPSA) is 20.2 Å². The fourth-order valence-electron chi connectivity index (χ4n) is 5.29. The van der Waals surface area contributed by atoms with Crippen molar-refractivity contribution in [1.29, 1.82) is 0 Å². The Morgan fingerprint density at radius 3 is 1.90 bits per heavy atom. The van der Waals surface area contributed by atoms with Gasteiger partial charge in [0, 0.05) is 0 Å². The van der Waals surface area contributed by atoms with Gasteiger partial charge in [-0.05, 0) is 0 Å². The number of halogens is 4. The Balaban J connectivity index is 0.000000461. The van der Waals surface area contributed by atoms with Crippen LogP contribution in [0, 0.1) is 16.7 Å². The molecule has 30 heavy (non-hydrogen) atoms. The van der Waals surface area contributed by atoms with E-state index >= 15 is 0 Å². The van der Waals surface area contributed by atoms with Crippen LogP contribution in [0.2, 0.25) is 4.82 Å². The van der Waals surface area contributed by atoms with E-state index in [0.29, 0.717) is 10.7 Å². The molecule has 0 spiro atoms. The summed E-state index contributed by atoms with van der Waals surface area (Å²) in [5.74, 6) is 0.654. The molecule has 2 aromatic rings. The molecular formula is C23H29BF4OSe. The Kier molecular flexibility index (Phi) is 6.76. The third kappa shape index (κ3) is 4.63. The molecule has 7 heteroatoms. The van der Waals surface area contributed by atoms with Gasteiger partial charge in [-0.15, -0.1) is 0 Å². The van der Waals surface area contributed by atoms with E-state index in [1.54, 1.807) is 0 Å². The summed E-state index contributed by atoms with van der Waals surface area (Å²) in [6.07, 6.45) is 2.31. The molecule has 2 saturated carbocycles. The van der Waals surface area contributed by atoms with Crippen LogP contribution in [0.15, 0.2) is 60.7 Å². The number of rotatable bonds is 4. The van der Waals surface area contributed by atoms with E-state index in [2.05, 4.69) is 81.4 Å². The van der Waals surface area contributed by atoms with Crippen molar-refractivity contribution in [3.05, 3.63) is 66.2 Å². The number of benzene rings is 2. The number of fused-ring (bicyclic) bond motifs is 2. The first kappa shape index (κ1) is 23.4. The molecule has 2 fully saturated rings. The molecule has 0 amide bonds. The van der Waals surface area contributed by atoms with Crippen molar-refractivity contribution in [3.63, 3.8) is 0 Å². The third-order valence-electron chi connectivity index (χ3n) is 7.27. The van der Waals surface area contributed by atoms with Crippen molar-refractivity contribution in [3.8, 4) is 0 Å². The molecule has 5 atom stereocenters. The molecule has 5 unspecified atom stereocenters. The van der Waals surface area contributed by atoms with Crippen molar-refractivity contribution in [2.75, 3.05) is 0 Å². The van der Waals surface area contributed by atoms with Gasteiger partial charge in [0.25, 0.3) is 0 Å². The quantitative estimate of drug-likeness (QED) is 0.436. The Hall–Kier alpha value is -1.30. The first-order chi connectivity index (χ1) is 13.9. The van der Waals surface area contributed by atoms with Gasteiger partial charge in [-0.3, -0.25) is 0 Å². The average molecular weight is 487 g/mol. The Morgan fingerprint density at radius 1 is 0.933 bits per heavy atom. The first-order valence-electron chi connectivity index (χ1n) is 10.3. The van der Waals surface area contributed by atoms with Gasteiger partial charge in [-0.2, -0.15) is 0 Å². The summed E-state index contributed by atoms with van der Waals surface area (Å²) < 4.78 is 40.5. The zero-order chi connectivity index (χ0) is 22.2. The van der Waals surface area contributed by atoms with Crippen LogP contribution in [-0.4, -0.2) is 32.4 Å². The molecule has 1 nitrogen and oxygen atoms in total. The van der Waals surface area contributed by atoms with Gasteiger partial charge >= 0.3 is 164 Å². The zero-order valence-electron chi connectivity index (χ0n) is 17.6. The smallest absolute Gasteiger partial charge is 0.418 e. The van der Waals surface area contributed by atoms with Crippen LogP contribution < -0.4 is 4.46 Å². The monoisotopic (exact) mass is 488 g/mol. The minimum Gasteiger partial charge on any atom is -0.418 e. The summed E-state index contributed by atoms with van der Waals surface area (Å²) in [5, 5.41) is 12.5. The maximum absolute atomic E-state index is 11.4. The van der Waals surface area contributed by atoms with Gasteiger partial charge in [0.1, 0.15) is 0 Å². The van der Waals surface area contributed by atoms with E-state index in [1.165, 1.54) is 22.9 Å². The number of hydrogen-bond acceptors (Lipinski definition) is 1. The molecular weight excluding hydrogens is 458 g/mol. The molecule has 0 heterocycles. The minimum absolute atomic E-state index is 0.0789. The second-order valence-corrected chi connectivity index (χ2v) is 13.6. The minimum atomic E-state index is -6.00. The summed E-state index contributed by atoms with van der Waals surface area (Å²) in [6, 6.07) is 22.0. The molecule has 0 saturated heterocycles. The second kappa shape index (κ2) is 8.68. The van der Waals surface area contributed by atoms with Crippen LogP contribution in [0.1, 0.15) is 39.2 Å². The predicted octanol–water partition coefficient (Wildman–Crippen LogP) is 5.66. The van der Waals surface area contributed by atoms with Crippen LogP contribution in [0.4, 0.5) is 17.3 Å². The Morgan fingerprint density at radius 2 is 1.43 bits per heavy atom. The normalized spacial score (nSPS) is 30.5. The first-order valence-corrected chi connectivity index (χ1v) is 13.3. The van der Waals surface area contributed by atoms with E-state index in [9.17, 15) is 22.4 Å². The summed E-state index contributed by atoms with van der Waals surface area (Å²) in [4.78, 5) is 0.469. The fourth-order valence-corrected chi connectivity index (χ4v) is 12.0. The van der Waals surface area contributed by atoms with Gasteiger partial charge in [0.05, 0.1) is 0 Å². The van der Waals surface area contributed by atoms with Crippen molar-refractivity contribution in [1.82, 2.24) is 0 Å². The second-order valence-electron chi connectivity index (χ2n) is 9.06. The van der Waals surface area contributed by atoms with E-state index in [1.807, 2.05) is 0 Å². The van der Waals surface area contributed by atoms with Crippen molar-refractivity contribution in [2.45, 2.75) is 49.9 Å². The van der Waals surface area contributed by atoms with E-state index in [-0.39, 0.29) is 16.9 Å². The van der Waals surface area contributed by atoms with Gasteiger partial charge in [0.2, 0.25) is 0 Å². The molecule has 164 valence electrons. The van der Waals surface area contributed by atoms with E-state index in [0.717, 1.165) is 5.32 Å². The zero-order valence-corrected chi connectivity index (χ0v) is 19.3. The van der Waals surface area contributed by atoms with Crippen LogP contribution in [0.25, 0.3) is 0 Å². The van der Waals surface area contributed by atoms with Gasteiger partial charge in [-0.25, -0.2) is 0 Å². The number of hydrogen-bond donors (Lipinski definition) is 1. The Labute approximate surface area is 180 Å². The fraction of sp³-hybridized carbons (Fsp3) is 0.478. The molecule has 2 aromatic carbocycles. The van der Waals surface area contributed by atoms with E-state index in [4.69, 9.17) is 0 Å². The van der Waals surface area contributed by atoms with Gasteiger partial charge in [-0.1, -0.05) is 0 Å². The van der Waals surface area contributed by atoms with Crippen molar-refractivity contribution in [2.24, 2.45) is 16.7 Å². The standard InChI is InChI=1S/C23H29OSe.BF4/c1-22(2)19-14-15-23(22,3)21(24)20(19)25(18-12-8-5-9-13-18)16-17-10-6-4-7-11-17;2-1(3,4)5/h4-13,19-21,24H,14-16H2,1-3H3;/q+1;-1. The Bertz CT molecular complexity index is 824. The molecule has 2 aliphatic carbocycles. The maximum atomic E-state index is 11.4. The predicted molar refractivity (Wildman–Crippen MR) is 117 cm³/mol.